The van der Waals surface area contributed by atoms with E-state index in [1.165, 1.54) is 5.56 Å². The van der Waals surface area contributed by atoms with Gasteiger partial charge in [-0.05, 0) is 23.6 Å². The highest BCUT2D eigenvalue weighted by Gasteiger charge is 2.12. The molecule has 0 fully saturated rings. The summed E-state index contributed by atoms with van der Waals surface area (Å²) >= 11 is 5.83. The molecule has 14 heavy (non-hydrogen) atoms. The maximum absolute atomic E-state index is 5.83. The quantitative estimate of drug-likeness (QED) is 0.640. The van der Waals surface area contributed by atoms with Crippen LogP contribution < -0.4 is 0 Å². The molecule has 0 bridgehead atoms. The standard InChI is InChI=1S/C13H15Cl/c1-4-10(3)13(5-2)11-6-8-12(14)9-7-11/h4-10,13H,1-2H2,3H3/t10-,13+/m1/s1. The third kappa shape index (κ3) is 2.49. The highest BCUT2D eigenvalue weighted by atomic mass is 35.5. The van der Waals surface area contributed by atoms with Gasteiger partial charge in [0.05, 0.1) is 0 Å². The Morgan fingerprint density at radius 2 is 1.71 bits per heavy atom. The molecule has 0 saturated heterocycles. The lowest BCUT2D eigenvalue weighted by atomic mass is 9.87. The molecule has 2 atom stereocenters. The number of hydrogen-bond donors (Lipinski definition) is 0. The van der Waals surface area contributed by atoms with Gasteiger partial charge in [-0.25, -0.2) is 0 Å². The normalized spacial score (nSPS) is 14.4. The zero-order valence-corrected chi connectivity index (χ0v) is 9.17. The van der Waals surface area contributed by atoms with Crippen LogP contribution in [-0.4, -0.2) is 0 Å². The summed E-state index contributed by atoms with van der Waals surface area (Å²) in [5.41, 5.74) is 1.23. The second-order valence-electron chi connectivity index (χ2n) is 3.41. The summed E-state index contributed by atoms with van der Waals surface area (Å²) < 4.78 is 0. The molecule has 0 aliphatic rings. The van der Waals surface area contributed by atoms with E-state index >= 15 is 0 Å². The average Bonchev–Trinajstić information content (AvgIpc) is 2.21. The van der Waals surface area contributed by atoms with E-state index in [1.54, 1.807) is 0 Å². The minimum atomic E-state index is 0.324. The molecule has 0 radical (unpaired) electrons. The summed E-state index contributed by atoms with van der Waals surface area (Å²) in [7, 11) is 0. The van der Waals surface area contributed by atoms with E-state index < -0.39 is 0 Å². The van der Waals surface area contributed by atoms with Crippen LogP contribution in [0.15, 0.2) is 49.6 Å². The molecule has 0 aromatic heterocycles. The Morgan fingerprint density at radius 1 is 1.14 bits per heavy atom. The van der Waals surface area contributed by atoms with Crippen LogP contribution in [0.25, 0.3) is 0 Å². The third-order valence-corrected chi connectivity index (χ3v) is 2.70. The second kappa shape index (κ2) is 5.02. The molecule has 1 heteroatoms. The van der Waals surface area contributed by atoms with Crippen LogP contribution in [0.2, 0.25) is 5.02 Å². The van der Waals surface area contributed by atoms with E-state index in [0.717, 1.165) is 5.02 Å². The van der Waals surface area contributed by atoms with Gasteiger partial charge in [-0.1, -0.05) is 42.8 Å². The molecule has 0 N–H and O–H groups in total. The van der Waals surface area contributed by atoms with Gasteiger partial charge in [-0.2, -0.15) is 0 Å². The van der Waals surface area contributed by atoms with Gasteiger partial charge < -0.3 is 0 Å². The first-order valence-corrected chi connectivity index (χ1v) is 5.07. The molecule has 0 nitrogen and oxygen atoms in total. The molecular weight excluding hydrogens is 192 g/mol. The van der Waals surface area contributed by atoms with Crippen LogP contribution in [-0.2, 0) is 0 Å². The van der Waals surface area contributed by atoms with Crippen molar-refractivity contribution >= 4 is 11.6 Å². The molecular formula is C13H15Cl. The Balaban J connectivity index is 2.94. The number of rotatable bonds is 4. The first-order chi connectivity index (χ1) is 6.69. The van der Waals surface area contributed by atoms with Crippen LogP contribution in [0.3, 0.4) is 0 Å². The van der Waals surface area contributed by atoms with Gasteiger partial charge in [0.15, 0.2) is 0 Å². The van der Waals surface area contributed by atoms with Crippen LogP contribution in [0.1, 0.15) is 18.4 Å². The van der Waals surface area contributed by atoms with E-state index in [1.807, 2.05) is 36.4 Å². The summed E-state index contributed by atoms with van der Waals surface area (Å²) in [6.07, 6.45) is 3.90. The third-order valence-electron chi connectivity index (χ3n) is 2.45. The van der Waals surface area contributed by atoms with Crippen molar-refractivity contribution in [1.82, 2.24) is 0 Å². The fourth-order valence-corrected chi connectivity index (χ4v) is 1.61. The predicted molar refractivity (Wildman–Crippen MR) is 63.8 cm³/mol. The van der Waals surface area contributed by atoms with Gasteiger partial charge >= 0.3 is 0 Å². The Morgan fingerprint density at radius 3 is 2.14 bits per heavy atom. The minimum Gasteiger partial charge on any atom is -0.103 e. The number of hydrogen-bond acceptors (Lipinski definition) is 0. The highest BCUT2D eigenvalue weighted by molar-refractivity contribution is 6.30. The zero-order valence-electron chi connectivity index (χ0n) is 8.41. The second-order valence-corrected chi connectivity index (χ2v) is 3.84. The number of benzene rings is 1. The van der Waals surface area contributed by atoms with Crippen LogP contribution in [0.4, 0.5) is 0 Å². The topological polar surface area (TPSA) is 0 Å². The highest BCUT2D eigenvalue weighted by Crippen LogP contribution is 2.27. The van der Waals surface area contributed by atoms with E-state index in [2.05, 4.69) is 20.1 Å². The molecule has 0 spiro atoms. The summed E-state index contributed by atoms with van der Waals surface area (Å²) in [6, 6.07) is 7.88. The monoisotopic (exact) mass is 206 g/mol. The number of allylic oxidation sites excluding steroid dienone is 2. The van der Waals surface area contributed by atoms with Gasteiger partial charge in [-0.3, -0.25) is 0 Å². The SMILES string of the molecule is C=C[C@@H](C)[C@H](C=C)c1ccc(Cl)cc1. The van der Waals surface area contributed by atoms with Gasteiger partial charge in [0, 0.05) is 10.9 Å². The van der Waals surface area contributed by atoms with Gasteiger partial charge in [0.2, 0.25) is 0 Å². The van der Waals surface area contributed by atoms with Crippen LogP contribution in [0.5, 0.6) is 0 Å². The number of halogens is 1. The van der Waals surface area contributed by atoms with Gasteiger partial charge in [-0.15, -0.1) is 13.2 Å². The smallest absolute Gasteiger partial charge is 0.0406 e. The van der Waals surface area contributed by atoms with Crippen molar-refractivity contribution in [2.24, 2.45) is 5.92 Å². The molecule has 1 rings (SSSR count). The van der Waals surface area contributed by atoms with Gasteiger partial charge in [0.25, 0.3) is 0 Å². The largest absolute Gasteiger partial charge is 0.103 e. The van der Waals surface area contributed by atoms with Crippen molar-refractivity contribution in [2.75, 3.05) is 0 Å². The van der Waals surface area contributed by atoms with Crippen molar-refractivity contribution in [1.29, 1.82) is 0 Å². The molecule has 0 amide bonds. The van der Waals surface area contributed by atoms with Gasteiger partial charge in [0.1, 0.15) is 0 Å². The molecule has 0 aliphatic heterocycles. The summed E-state index contributed by atoms with van der Waals surface area (Å²) in [5.74, 6) is 0.721. The summed E-state index contributed by atoms with van der Waals surface area (Å²) in [4.78, 5) is 0. The van der Waals surface area contributed by atoms with E-state index in [-0.39, 0.29) is 0 Å². The minimum absolute atomic E-state index is 0.324. The van der Waals surface area contributed by atoms with E-state index in [4.69, 9.17) is 11.6 Å². The molecule has 0 unspecified atom stereocenters. The van der Waals surface area contributed by atoms with Crippen molar-refractivity contribution in [2.45, 2.75) is 12.8 Å². The maximum atomic E-state index is 5.83. The first kappa shape index (κ1) is 11.1. The predicted octanol–water partition coefficient (Wildman–Crippen LogP) is 4.43. The Bertz CT molecular complexity index is 311. The molecule has 74 valence electrons. The molecule has 1 aromatic rings. The van der Waals surface area contributed by atoms with Crippen molar-refractivity contribution in [3.05, 3.63) is 60.2 Å². The van der Waals surface area contributed by atoms with Crippen LogP contribution >= 0.6 is 11.6 Å². The molecule has 0 heterocycles. The van der Waals surface area contributed by atoms with Crippen LogP contribution in [0, 0.1) is 5.92 Å². The summed E-state index contributed by atoms with van der Waals surface area (Å²) in [6.45, 7) is 9.78. The zero-order chi connectivity index (χ0) is 10.6. The first-order valence-electron chi connectivity index (χ1n) is 4.69. The molecule has 0 aliphatic carbocycles. The Hall–Kier alpha value is -1.01. The average molecular weight is 207 g/mol. The van der Waals surface area contributed by atoms with E-state index in [0.29, 0.717) is 11.8 Å². The van der Waals surface area contributed by atoms with Crippen molar-refractivity contribution in [3.8, 4) is 0 Å². The van der Waals surface area contributed by atoms with Crippen molar-refractivity contribution < 1.29 is 0 Å². The molecule has 0 saturated carbocycles. The summed E-state index contributed by atoms with van der Waals surface area (Å²) in [5, 5.41) is 0.766. The lowest BCUT2D eigenvalue weighted by Crippen LogP contribution is -2.03. The molecule has 1 aromatic carbocycles. The maximum Gasteiger partial charge on any atom is 0.0406 e. The lowest BCUT2D eigenvalue weighted by Gasteiger charge is -2.17. The lowest BCUT2D eigenvalue weighted by molar-refractivity contribution is 0.644. The van der Waals surface area contributed by atoms with Crippen molar-refractivity contribution in [3.63, 3.8) is 0 Å². The fourth-order valence-electron chi connectivity index (χ4n) is 1.49. The Labute approximate surface area is 90.9 Å². The fraction of sp³-hybridized carbons (Fsp3) is 0.231. The Kier molecular flexibility index (Phi) is 3.97. The van der Waals surface area contributed by atoms with E-state index in [9.17, 15) is 0 Å².